The van der Waals surface area contributed by atoms with Crippen LogP contribution in [0.2, 0.25) is 0 Å². The van der Waals surface area contributed by atoms with Crippen molar-refractivity contribution < 1.29 is 0 Å². The first-order valence-electron chi connectivity index (χ1n) is 4.03. The van der Waals surface area contributed by atoms with Gasteiger partial charge >= 0.3 is 0 Å². The zero-order valence-corrected chi connectivity index (χ0v) is 6.01. The Bertz CT molecular complexity index is 118. The fourth-order valence-electron chi connectivity index (χ4n) is 2.77. The fraction of sp³-hybridized carbons (Fsp3) is 1.00. The summed E-state index contributed by atoms with van der Waals surface area (Å²) in [5.41, 5.74) is 5.58. The lowest BCUT2D eigenvalue weighted by atomic mass is 9.48. The van der Waals surface area contributed by atoms with E-state index in [2.05, 4.69) is 6.92 Å². The van der Waals surface area contributed by atoms with Crippen LogP contribution >= 0.6 is 0 Å². The van der Waals surface area contributed by atoms with Crippen LogP contribution in [0.25, 0.3) is 0 Å². The molecule has 2 aliphatic rings. The van der Waals surface area contributed by atoms with Gasteiger partial charge in [0.15, 0.2) is 0 Å². The second-order valence-corrected chi connectivity index (χ2v) is 3.78. The molecule has 9 heavy (non-hydrogen) atoms. The van der Waals surface area contributed by atoms with E-state index in [4.69, 9.17) is 5.73 Å². The van der Waals surface area contributed by atoms with E-state index in [1.807, 2.05) is 0 Å². The monoisotopic (exact) mass is 125 g/mol. The van der Waals surface area contributed by atoms with Gasteiger partial charge in [0.2, 0.25) is 0 Å². The first-order chi connectivity index (χ1) is 4.33. The van der Waals surface area contributed by atoms with Crippen LogP contribution in [-0.4, -0.2) is 6.54 Å². The minimum absolute atomic E-state index is 0.902. The molecule has 0 amide bonds. The second-order valence-electron chi connectivity index (χ2n) is 3.78. The molecule has 2 fully saturated rings. The molecule has 1 nitrogen and oxygen atoms in total. The van der Waals surface area contributed by atoms with Gasteiger partial charge < -0.3 is 5.73 Å². The van der Waals surface area contributed by atoms with E-state index in [0.29, 0.717) is 0 Å². The Morgan fingerprint density at radius 3 is 2.56 bits per heavy atom. The molecule has 0 spiro atoms. The molecule has 0 aromatic carbocycles. The predicted molar refractivity (Wildman–Crippen MR) is 37.9 cm³/mol. The lowest BCUT2D eigenvalue weighted by Gasteiger charge is -2.57. The van der Waals surface area contributed by atoms with Gasteiger partial charge in [-0.2, -0.15) is 0 Å². The van der Waals surface area contributed by atoms with Gasteiger partial charge in [-0.25, -0.2) is 0 Å². The van der Waals surface area contributed by atoms with Gasteiger partial charge in [0.25, 0.3) is 0 Å². The molecule has 0 radical (unpaired) electrons. The van der Waals surface area contributed by atoms with Gasteiger partial charge in [-0.05, 0) is 43.1 Å². The van der Waals surface area contributed by atoms with Gasteiger partial charge in [-0.3, -0.25) is 0 Å². The molecule has 2 aliphatic carbocycles. The van der Waals surface area contributed by atoms with Crippen LogP contribution in [0.1, 0.15) is 19.8 Å². The van der Waals surface area contributed by atoms with Crippen LogP contribution in [0.4, 0.5) is 0 Å². The molecule has 1 heteroatoms. The highest BCUT2D eigenvalue weighted by Crippen LogP contribution is 2.57. The molecule has 2 unspecified atom stereocenters. The molecular weight excluding hydrogens is 110 g/mol. The molecule has 0 bridgehead atoms. The molecule has 2 N–H and O–H groups in total. The lowest BCUT2D eigenvalue weighted by Crippen LogP contribution is -2.52. The van der Waals surface area contributed by atoms with E-state index in [9.17, 15) is 0 Å². The Balaban J connectivity index is 1.92. The average Bonchev–Trinajstić information content (AvgIpc) is 1.80. The van der Waals surface area contributed by atoms with Crippen molar-refractivity contribution in [3.05, 3.63) is 0 Å². The van der Waals surface area contributed by atoms with E-state index < -0.39 is 0 Å². The normalized spacial score (nSPS) is 55.3. The van der Waals surface area contributed by atoms with E-state index >= 15 is 0 Å². The Morgan fingerprint density at radius 2 is 2.22 bits per heavy atom. The molecular formula is C8H15N. The summed E-state index contributed by atoms with van der Waals surface area (Å²) in [6.07, 6.45) is 2.92. The van der Waals surface area contributed by atoms with Crippen LogP contribution in [0.15, 0.2) is 0 Å². The Morgan fingerprint density at radius 1 is 1.44 bits per heavy atom. The van der Waals surface area contributed by atoms with E-state index in [0.717, 1.165) is 30.2 Å². The Labute approximate surface area is 56.6 Å². The van der Waals surface area contributed by atoms with Gasteiger partial charge in [0.05, 0.1) is 0 Å². The van der Waals surface area contributed by atoms with Crippen molar-refractivity contribution in [1.82, 2.24) is 0 Å². The summed E-state index contributed by atoms with van der Waals surface area (Å²) in [6.45, 7) is 3.30. The first kappa shape index (κ1) is 5.72. The minimum Gasteiger partial charge on any atom is -0.330 e. The third kappa shape index (κ3) is 0.586. The first-order valence-corrected chi connectivity index (χ1v) is 4.03. The maximum Gasteiger partial charge on any atom is -0.00459 e. The summed E-state index contributed by atoms with van der Waals surface area (Å²) in [6, 6.07) is 0. The van der Waals surface area contributed by atoms with Crippen LogP contribution in [0, 0.1) is 23.7 Å². The quantitative estimate of drug-likeness (QED) is 0.560. The molecule has 52 valence electrons. The molecule has 4 atom stereocenters. The average molecular weight is 125 g/mol. The van der Waals surface area contributed by atoms with Crippen molar-refractivity contribution in [3.63, 3.8) is 0 Å². The smallest absolute Gasteiger partial charge is 0.00459 e. The van der Waals surface area contributed by atoms with Crippen molar-refractivity contribution in [2.75, 3.05) is 6.54 Å². The van der Waals surface area contributed by atoms with E-state index in [1.54, 1.807) is 0 Å². The molecule has 2 saturated carbocycles. The second kappa shape index (κ2) is 1.72. The molecule has 0 saturated heterocycles. The van der Waals surface area contributed by atoms with E-state index in [1.165, 1.54) is 12.8 Å². The van der Waals surface area contributed by atoms with Crippen molar-refractivity contribution in [1.29, 1.82) is 0 Å². The summed E-state index contributed by atoms with van der Waals surface area (Å²) in [4.78, 5) is 0. The number of hydrogen-bond donors (Lipinski definition) is 1. The Kier molecular flexibility index (Phi) is 1.10. The summed E-state index contributed by atoms with van der Waals surface area (Å²) in [5.74, 6) is 4.03. The maximum atomic E-state index is 5.58. The molecule has 0 aromatic rings. The van der Waals surface area contributed by atoms with Gasteiger partial charge in [-0.15, -0.1) is 0 Å². The Hall–Kier alpha value is -0.0400. The van der Waals surface area contributed by atoms with Crippen molar-refractivity contribution >= 4 is 0 Å². The zero-order chi connectivity index (χ0) is 6.43. The molecule has 0 aliphatic heterocycles. The number of hydrogen-bond acceptors (Lipinski definition) is 1. The summed E-state index contributed by atoms with van der Waals surface area (Å²) < 4.78 is 0. The number of rotatable bonds is 1. The van der Waals surface area contributed by atoms with Crippen LogP contribution in [-0.2, 0) is 0 Å². The van der Waals surface area contributed by atoms with Gasteiger partial charge in [0.1, 0.15) is 0 Å². The van der Waals surface area contributed by atoms with Crippen molar-refractivity contribution in [2.45, 2.75) is 19.8 Å². The van der Waals surface area contributed by atoms with Gasteiger partial charge in [-0.1, -0.05) is 6.92 Å². The predicted octanol–water partition coefficient (Wildman–Crippen LogP) is 1.24. The minimum atomic E-state index is 0.902. The maximum absolute atomic E-state index is 5.58. The largest absolute Gasteiger partial charge is 0.330 e. The number of nitrogens with two attached hydrogens (primary N) is 1. The highest BCUT2D eigenvalue weighted by molar-refractivity contribution is 5.00. The summed E-state index contributed by atoms with van der Waals surface area (Å²) in [7, 11) is 0. The highest BCUT2D eigenvalue weighted by atomic mass is 14.6. The summed E-state index contributed by atoms with van der Waals surface area (Å²) in [5, 5.41) is 0. The molecule has 0 heterocycles. The van der Waals surface area contributed by atoms with Crippen LogP contribution < -0.4 is 5.73 Å². The SMILES string of the molecule is CC1CC2C[C@H](CN)[C@H]12. The summed E-state index contributed by atoms with van der Waals surface area (Å²) >= 11 is 0. The van der Waals surface area contributed by atoms with Crippen molar-refractivity contribution in [3.8, 4) is 0 Å². The topological polar surface area (TPSA) is 26.0 Å². The lowest BCUT2D eigenvalue weighted by molar-refractivity contribution is -0.0757. The molecule has 2 rings (SSSR count). The third-order valence-corrected chi connectivity index (χ3v) is 3.33. The zero-order valence-electron chi connectivity index (χ0n) is 6.01. The van der Waals surface area contributed by atoms with Crippen LogP contribution in [0.5, 0.6) is 0 Å². The highest BCUT2D eigenvalue weighted by Gasteiger charge is 2.50. The van der Waals surface area contributed by atoms with Gasteiger partial charge in [0, 0.05) is 0 Å². The number of fused-ring (bicyclic) bond motifs is 1. The van der Waals surface area contributed by atoms with E-state index in [-0.39, 0.29) is 0 Å². The standard InChI is InChI=1S/C8H15N/c1-5-2-6-3-7(4-9)8(5)6/h5-8H,2-4,9H2,1H3/t5?,6?,7-,8-/m1/s1. The fourth-order valence-corrected chi connectivity index (χ4v) is 2.77. The van der Waals surface area contributed by atoms with Crippen molar-refractivity contribution in [2.24, 2.45) is 29.4 Å². The third-order valence-electron chi connectivity index (χ3n) is 3.33. The molecule has 0 aromatic heterocycles. The van der Waals surface area contributed by atoms with Crippen LogP contribution in [0.3, 0.4) is 0 Å².